The molecule has 0 saturated heterocycles. The van der Waals surface area contributed by atoms with Crippen molar-refractivity contribution in [3.05, 3.63) is 40.5 Å². The van der Waals surface area contributed by atoms with Crippen LogP contribution in [0.2, 0.25) is 0 Å². The Morgan fingerprint density at radius 2 is 1.56 bits per heavy atom. The first-order valence-electron chi connectivity index (χ1n) is 6.43. The number of rotatable bonds is 2. The van der Waals surface area contributed by atoms with Crippen LogP contribution < -0.4 is 0 Å². The molecule has 0 fully saturated rings. The lowest BCUT2D eigenvalue weighted by Gasteiger charge is -2.22. The summed E-state index contributed by atoms with van der Waals surface area (Å²) in [5.41, 5.74) is 6.16. The Morgan fingerprint density at radius 3 is 2.19 bits per heavy atom. The molecule has 0 spiro atoms. The minimum atomic E-state index is 0.623. The van der Waals surface area contributed by atoms with E-state index in [1.165, 1.54) is 24.0 Å². The average Bonchev–Trinajstić information content (AvgIpc) is 2.27. The number of fused-ring (bicyclic) bond motifs is 1. The van der Waals surface area contributed by atoms with Crippen LogP contribution in [-0.2, 0) is 6.42 Å². The molecule has 2 rings (SSSR count). The van der Waals surface area contributed by atoms with Gasteiger partial charge in [-0.25, -0.2) is 0 Å². The first-order chi connectivity index (χ1) is 7.61. The first kappa shape index (κ1) is 11.4. The zero-order chi connectivity index (χ0) is 11.7. The maximum Gasteiger partial charge on any atom is -0.0190 e. The molecule has 0 radical (unpaired) electrons. The summed E-state index contributed by atoms with van der Waals surface area (Å²) in [6.45, 7) is 9.16. The Balaban J connectivity index is 2.60. The van der Waals surface area contributed by atoms with Gasteiger partial charge in [0.1, 0.15) is 0 Å². The molecule has 1 aliphatic carbocycles. The van der Waals surface area contributed by atoms with E-state index >= 15 is 0 Å². The molecule has 0 heterocycles. The maximum atomic E-state index is 2.35. The van der Waals surface area contributed by atoms with Gasteiger partial charge in [-0.15, -0.1) is 0 Å². The second-order valence-electron chi connectivity index (χ2n) is 5.39. The van der Waals surface area contributed by atoms with Crippen LogP contribution >= 0.6 is 0 Å². The van der Waals surface area contributed by atoms with Gasteiger partial charge in [0, 0.05) is 0 Å². The van der Waals surface area contributed by atoms with E-state index in [4.69, 9.17) is 0 Å². The highest BCUT2D eigenvalue weighted by Crippen LogP contribution is 2.33. The van der Waals surface area contributed by atoms with E-state index in [-0.39, 0.29) is 0 Å². The predicted octanol–water partition coefficient (Wildman–Crippen LogP) is 4.89. The molecule has 0 atom stereocenters. The van der Waals surface area contributed by atoms with Crippen LogP contribution in [0, 0.1) is 0 Å². The molecule has 0 heteroatoms. The molecule has 0 saturated carbocycles. The quantitative estimate of drug-likeness (QED) is 0.657. The van der Waals surface area contributed by atoms with Crippen LogP contribution in [-0.4, -0.2) is 0 Å². The Labute approximate surface area is 99.4 Å². The minimum absolute atomic E-state index is 0.623. The lowest BCUT2D eigenvalue weighted by Crippen LogP contribution is -2.06. The number of benzene rings is 1. The van der Waals surface area contributed by atoms with E-state index < -0.39 is 0 Å². The maximum absolute atomic E-state index is 2.35. The Bertz CT molecular complexity index is 408. The van der Waals surface area contributed by atoms with Gasteiger partial charge in [-0.3, -0.25) is 0 Å². The van der Waals surface area contributed by atoms with Gasteiger partial charge in [0.2, 0.25) is 0 Å². The zero-order valence-corrected chi connectivity index (χ0v) is 10.9. The van der Waals surface area contributed by atoms with Gasteiger partial charge in [0.25, 0.3) is 0 Å². The van der Waals surface area contributed by atoms with Crippen molar-refractivity contribution >= 4 is 6.08 Å². The van der Waals surface area contributed by atoms with Gasteiger partial charge in [-0.1, -0.05) is 52.0 Å². The first-order valence-corrected chi connectivity index (χ1v) is 6.43. The third-order valence-electron chi connectivity index (χ3n) is 3.52. The fourth-order valence-corrected chi connectivity index (χ4v) is 2.65. The zero-order valence-electron chi connectivity index (χ0n) is 10.9. The van der Waals surface area contributed by atoms with Crippen molar-refractivity contribution in [2.24, 2.45) is 0 Å². The van der Waals surface area contributed by atoms with E-state index in [1.54, 1.807) is 11.1 Å². The van der Waals surface area contributed by atoms with E-state index in [1.807, 2.05) is 0 Å². The van der Waals surface area contributed by atoms with Crippen molar-refractivity contribution in [3.8, 4) is 0 Å². The molecule has 0 bridgehead atoms. The molecule has 1 aromatic rings. The lowest BCUT2D eigenvalue weighted by atomic mass is 9.82. The van der Waals surface area contributed by atoms with Crippen LogP contribution in [0.4, 0.5) is 0 Å². The summed E-state index contributed by atoms with van der Waals surface area (Å²) in [6.07, 6.45) is 7.08. The second-order valence-corrected chi connectivity index (χ2v) is 5.39. The lowest BCUT2D eigenvalue weighted by molar-refractivity contribution is 0.808. The van der Waals surface area contributed by atoms with Crippen molar-refractivity contribution in [2.45, 2.75) is 52.4 Å². The summed E-state index contributed by atoms with van der Waals surface area (Å²) in [6, 6.07) is 4.67. The van der Waals surface area contributed by atoms with Crippen molar-refractivity contribution in [3.63, 3.8) is 0 Å². The van der Waals surface area contributed by atoms with E-state index in [0.29, 0.717) is 11.8 Å². The molecule has 1 aliphatic rings. The molecule has 0 amide bonds. The Morgan fingerprint density at radius 1 is 0.938 bits per heavy atom. The number of hydrogen-bond acceptors (Lipinski definition) is 0. The molecule has 0 aliphatic heterocycles. The highest BCUT2D eigenvalue weighted by atomic mass is 14.2. The summed E-state index contributed by atoms with van der Waals surface area (Å²) >= 11 is 0. The van der Waals surface area contributed by atoms with Crippen LogP contribution in [0.1, 0.15) is 68.2 Å². The normalized spacial score (nSPS) is 14.6. The topological polar surface area (TPSA) is 0 Å². The summed E-state index contributed by atoms with van der Waals surface area (Å²) in [5, 5.41) is 0. The van der Waals surface area contributed by atoms with Crippen LogP contribution in [0.5, 0.6) is 0 Å². The van der Waals surface area contributed by atoms with Gasteiger partial charge in [-0.05, 0) is 46.9 Å². The number of allylic oxidation sites excluding steroid dienone is 1. The van der Waals surface area contributed by atoms with Crippen LogP contribution in [0.3, 0.4) is 0 Å². The van der Waals surface area contributed by atoms with Gasteiger partial charge in [-0.2, -0.15) is 0 Å². The molecule has 0 nitrogen and oxygen atoms in total. The molecular weight excluding hydrogens is 192 g/mol. The predicted molar refractivity (Wildman–Crippen MR) is 72.0 cm³/mol. The van der Waals surface area contributed by atoms with Crippen molar-refractivity contribution in [2.75, 3.05) is 0 Å². The summed E-state index contributed by atoms with van der Waals surface area (Å²) in [5.74, 6) is 1.26. The molecule has 0 unspecified atom stereocenters. The van der Waals surface area contributed by atoms with E-state index in [9.17, 15) is 0 Å². The van der Waals surface area contributed by atoms with Gasteiger partial charge in [0.15, 0.2) is 0 Å². The van der Waals surface area contributed by atoms with Gasteiger partial charge < -0.3 is 0 Å². The van der Waals surface area contributed by atoms with Crippen molar-refractivity contribution < 1.29 is 0 Å². The van der Waals surface area contributed by atoms with Gasteiger partial charge >= 0.3 is 0 Å². The fourth-order valence-electron chi connectivity index (χ4n) is 2.65. The highest BCUT2D eigenvalue weighted by Gasteiger charge is 2.16. The van der Waals surface area contributed by atoms with Gasteiger partial charge in [0.05, 0.1) is 0 Å². The molecular formula is C16H22. The number of hydrogen-bond donors (Lipinski definition) is 0. The molecule has 16 heavy (non-hydrogen) atoms. The molecule has 0 aromatic heterocycles. The van der Waals surface area contributed by atoms with Crippen molar-refractivity contribution in [1.82, 2.24) is 0 Å². The minimum Gasteiger partial charge on any atom is -0.0836 e. The Kier molecular flexibility index (Phi) is 3.18. The standard InChI is InChI=1S/C16H22/c1-11(2)13-9-10-14(12(3)4)16-8-6-5-7-15(13)16/h5,7,9-12H,6,8H2,1-4H3. The fraction of sp³-hybridized carbons (Fsp3) is 0.500. The summed E-state index contributed by atoms with van der Waals surface area (Å²) < 4.78 is 0. The average molecular weight is 214 g/mol. The van der Waals surface area contributed by atoms with E-state index in [2.05, 4.69) is 52.0 Å². The van der Waals surface area contributed by atoms with E-state index in [0.717, 1.165) is 0 Å². The third kappa shape index (κ3) is 1.93. The molecule has 1 aromatic carbocycles. The monoisotopic (exact) mass is 214 g/mol. The smallest absolute Gasteiger partial charge is 0.0190 e. The SMILES string of the molecule is CC(C)c1ccc(C(C)C)c2c1C=CCC2. The summed E-state index contributed by atoms with van der Waals surface area (Å²) in [4.78, 5) is 0. The van der Waals surface area contributed by atoms with Crippen LogP contribution in [0.15, 0.2) is 18.2 Å². The Hall–Kier alpha value is -1.04. The molecule has 0 N–H and O–H groups in total. The summed E-state index contributed by atoms with van der Waals surface area (Å²) in [7, 11) is 0. The van der Waals surface area contributed by atoms with Crippen LogP contribution in [0.25, 0.3) is 6.08 Å². The highest BCUT2D eigenvalue weighted by molar-refractivity contribution is 5.63. The second kappa shape index (κ2) is 4.45. The third-order valence-corrected chi connectivity index (χ3v) is 3.52. The largest absolute Gasteiger partial charge is 0.0836 e. The van der Waals surface area contributed by atoms with Crippen molar-refractivity contribution in [1.29, 1.82) is 0 Å². The molecule has 86 valence electrons.